The molecule has 46 heavy (non-hydrogen) atoms. The summed E-state index contributed by atoms with van der Waals surface area (Å²) in [4.78, 5) is 36.9. The highest BCUT2D eigenvalue weighted by atomic mass is 32.2. The smallest absolute Gasteiger partial charge is 0.302 e. The number of nitrogens with zero attached hydrogens (tertiary/aromatic N) is 7. The van der Waals surface area contributed by atoms with E-state index in [1.165, 1.54) is 37.0 Å². The van der Waals surface area contributed by atoms with Crippen LogP contribution in [0, 0.1) is 0 Å². The van der Waals surface area contributed by atoms with Crippen LogP contribution in [0.4, 0.5) is 27.5 Å². The van der Waals surface area contributed by atoms with Crippen LogP contribution in [-0.2, 0) is 9.84 Å². The minimum Gasteiger partial charge on any atom is -0.356 e. The summed E-state index contributed by atoms with van der Waals surface area (Å²) in [6.07, 6.45) is 4.75. The maximum Gasteiger partial charge on any atom is 0.302 e. The van der Waals surface area contributed by atoms with Crippen molar-refractivity contribution in [2.24, 2.45) is 0 Å². The number of benzene rings is 2. The van der Waals surface area contributed by atoms with Gasteiger partial charge in [-0.05, 0) is 49.9 Å². The van der Waals surface area contributed by atoms with Gasteiger partial charge < -0.3 is 19.6 Å². The minimum atomic E-state index is -3.58. The Bertz CT molecular complexity index is 1730. The van der Waals surface area contributed by atoms with Gasteiger partial charge in [-0.15, -0.1) is 11.3 Å². The van der Waals surface area contributed by atoms with E-state index in [1.807, 2.05) is 10.3 Å². The second-order valence-corrected chi connectivity index (χ2v) is 15.2. The van der Waals surface area contributed by atoms with E-state index in [1.54, 1.807) is 54.6 Å². The Hall–Kier alpha value is -3.88. The fourth-order valence-electron chi connectivity index (χ4n) is 6.00. The highest BCUT2D eigenvalue weighted by Gasteiger charge is 2.26. The second-order valence-electron chi connectivity index (χ2n) is 11.6. The number of aromatic nitrogens is 3. The van der Waals surface area contributed by atoms with Crippen LogP contribution in [0.15, 0.2) is 75.8 Å². The Morgan fingerprint density at radius 1 is 0.717 bits per heavy atom. The molecule has 3 aliphatic heterocycles. The average molecular weight is 677 g/mol. The molecule has 2 aromatic carbocycles. The minimum absolute atomic E-state index is 0.0509. The molecule has 7 rings (SSSR count). The van der Waals surface area contributed by atoms with Gasteiger partial charge in [0.2, 0.25) is 15.8 Å². The zero-order valence-corrected chi connectivity index (χ0v) is 27.9. The number of sulfone groups is 1. The van der Waals surface area contributed by atoms with Gasteiger partial charge in [0.15, 0.2) is 5.13 Å². The van der Waals surface area contributed by atoms with E-state index < -0.39 is 9.84 Å². The summed E-state index contributed by atoms with van der Waals surface area (Å²) in [5, 5.41) is 2.45. The standard InChI is InChI=1S/C32H36N8O3S3/c41-32(45-36-31-33-27(23-44-31)24-10-12-26(13-11-24)46(42,43)25-8-2-1-3-9-25)40-20-18-38(19-21-40)29-22-28(37-14-4-5-15-37)34-30(35-29)39-16-6-7-17-39/h1-3,8-13,22-23H,4-7,14-21H2,(H,33,36). The van der Waals surface area contributed by atoms with Crippen LogP contribution >= 0.6 is 23.3 Å². The number of amides is 1. The molecule has 240 valence electrons. The lowest BCUT2D eigenvalue weighted by atomic mass is 10.2. The summed E-state index contributed by atoms with van der Waals surface area (Å²) in [5.74, 6) is 2.78. The van der Waals surface area contributed by atoms with Crippen molar-refractivity contribution in [3.63, 3.8) is 0 Å². The quantitative estimate of drug-likeness (QED) is 0.234. The normalized spacial score (nSPS) is 17.1. The fraction of sp³-hybridized carbons (Fsp3) is 0.375. The molecule has 1 N–H and O–H groups in total. The number of hydrogen-bond donors (Lipinski definition) is 1. The number of rotatable bonds is 8. The summed E-state index contributed by atoms with van der Waals surface area (Å²) in [6.45, 7) is 6.71. The molecule has 1 amide bonds. The van der Waals surface area contributed by atoms with Crippen LogP contribution in [0.25, 0.3) is 11.3 Å². The van der Waals surface area contributed by atoms with Crippen molar-refractivity contribution in [1.29, 1.82) is 0 Å². The van der Waals surface area contributed by atoms with Crippen LogP contribution in [0.3, 0.4) is 0 Å². The van der Waals surface area contributed by atoms with Crippen molar-refractivity contribution in [3.8, 4) is 11.3 Å². The zero-order valence-electron chi connectivity index (χ0n) is 25.4. The summed E-state index contributed by atoms with van der Waals surface area (Å²) in [6, 6.07) is 17.2. The molecule has 0 radical (unpaired) electrons. The van der Waals surface area contributed by atoms with E-state index in [-0.39, 0.29) is 15.0 Å². The molecular weight excluding hydrogens is 641 g/mol. The third-order valence-electron chi connectivity index (χ3n) is 8.61. The molecular formula is C32H36N8O3S3. The molecule has 3 aliphatic rings. The Labute approximate surface area is 277 Å². The topological polar surface area (TPSA) is 115 Å². The number of carbonyl (C=O) groups excluding carboxylic acids is 1. The first-order chi connectivity index (χ1) is 22.4. The van der Waals surface area contributed by atoms with Gasteiger partial charge >= 0.3 is 5.24 Å². The van der Waals surface area contributed by atoms with E-state index >= 15 is 0 Å². The lowest BCUT2D eigenvalue weighted by Gasteiger charge is -2.35. The van der Waals surface area contributed by atoms with Gasteiger partial charge in [0, 0.05) is 81.3 Å². The predicted molar refractivity (Wildman–Crippen MR) is 185 cm³/mol. The van der Waals surface area contributed by atoms with Crippen molar-refractivity contribution < 1.29 is 13.2 Å². The molecule has 4 aromatic rings. The maximum absolute atomic E-state index is 13.1. The van der Waals surface area contributed by atoms with Crippen molar-refractivity contribution in [1.82, 2.24) is 19.9 Å². The SMILES string of the molecule is O=C(SNc1nc(-c2ccc(S(=O)(=O)c3ccccc3)cc2)cs1)N1CCN(c2cc(N3CCCC3)nc(N3CCCC3)n2)CC1. The van der Waals surface area contributed by atoms with Gasteiger partial charge in [0.05, 0.1) is 15.5 Å². The van der Waals surface area contributed by atoms with E-state index in [4.69, 9.17) is 9.97 Å². The Morgan fingerprint density at radius 2 is 1.30 bits per heavy atom. The highest BCUT2D eigenvalue weighted by Crippen LogP contribution is 2.31. The van der Waals surface area contributed by atoms with E-state index in [0.717, 1.165) is 61.3 Å². The molecule has 5 heterocycles. The van der Waals surface area contributed by atoms with E-state index in [0.29, 0.717) is 37.0 Å². The summed E-state index contributed by atoms with van der Waals surface area (Å²) in [5.41, 5.74) is 1.51. The van der Waals surface area contributed by atoms with Crippen molar-refractivity contribution >= 4 is 61.1 Å². The van der Waals surface area contributed by atoms with Gasteiger partial charge in [-0.2, -0.15) is 9.97 Å². The molecule has 0 aliphatic carbocycles. The molecule has 0 spiro atoms. The molecule has 0 bridgehead atoms. The molecule has 0 unspecified atom stereocenters. The first-order valence-electron chi connectivity index (χ1n) is 15.7. The number of nitrogens with one attached hydrogen (secondary N) is 1. The lowest BCUT2D eigenvalue weighted by Crippen LogP contribution is -2.48. The maximum atomic E-state index is 13.1. The molecule has 14 heteroatoms. The summed E-state index contributed by atoms with van der Waals surface area (Å²) in [7, 11) is -3.58. The molecule has 3 saturated heterocycles. The van der Waals surface area contributed by atoms with Crippen molar-refractivity contribution in [3.05, 3.63) is 66.0 Å². The number of anilines is 4. The molecule has 0 saturated carbocycles. The van der Waals surface area contributed by atoms with Crippen molar-refractivity contribution in [2.75, 3.05) is 71.8 Å². The third kappa shape index (κ3) is 6.65. The van der Waals surface area contributed by atoms with Crippen LogP contribution in [0.2, 0.25) is 0 Å². The van der Waals surface area contributed by atoms with E-state index in [9.17, 15) is 13.2 Å². The molecule has 2 aromatic heterocycles. The fourth-order valence-corrected chi connectivity index (χ4v) is 8.70. The predicted octanol–water partition coefficient (Wildman–Crippen LogP) is 5.64. The number of hydrogen-bond acceptors (Lipinski definition) is 12. The number of thiazole rings is 1. The van der Waals surface area contributed by atoms with Crippen LogP contribution in [-0.4, -0.2) is 85.9 Å². The second kappa shape index (κ2) is 13.5. The van der Waals surface area contributed by atoms with Crippen LogP contribution in [0.1, 0.15) is 25.7 Å². The molecule has 0 atom stereocenters. The monoisotopic (exact) mass is 676 g/mol. The van der Waals surface area contributed by atoms with Crippen molar-refractivity contribution in [2.45, 2.75) is 35.5 Å². The Morgan fingerprint density at radius 3 is 1.96 bits per heavy atom. The lowest BCUT2D eigenvalue weighted by molar-refractivity contribution is 0.219. The summed E-state index contributed by atoms with van der Waals surface area (Å²) < 4.78 is 28.9. The third-order valence-corrected chi connectivity index (χ3v) is 12.0. The Kier molecular flexibility index (Phi) is 9.00. The van der Waals surface area contributed by atoms with Gasteiger partial charge in [0.1, 0.15) is 11.6 Å². The van der Waals surface area contributed by atoms with Gasteiger partial charge in [0.25, 0.3) is 0 Å². The Balaban J connectivity index is 0.940. The number of carbonyl (C=O) groups is 1. The highest BCUT2D eigenvalue weighted by molar-refractivity contribution is 8.14. The van der Waals surface area contributed by atoms with Gasteiger partial charge in [-0.1, -0.05) is 30.3 Å². The first-order valence-corrected chi connectivity index (χ1v) is 18.8. The summed E-state index contributed by atoms with van der Waals surface area (Å²) >= 11 is 2.43. The van der Waals surface area contributed by atoms with Crippen LogP contribution < -0.4 is 19.4 Å². The van der Waals surface area contributed by atoms with Gasteiger partial charge in [-0.25, -0.2) is 13.4 Å². The number of piperazine rings is 1. The van der Waals surface area contributed by atoms with Gasteiger partial charge in [-0.3, -0.25) is 9.52 Å². The average Bonchev–Trinajstić information content (AvgIpc) is 3.92. The molecule has 11 nitrogen and oxygen atoms in total. The molecule has 3 fully saturated rings. The largest absolute Gasteiger partial charge is 0.356 e. The zero-order chi connectivity index (χ0) is 31.5. The van der Waals surface area contributed by atoms with Crippen LogP contribution in [0.5, 0.6) is 0 Å². The first kappa shape index (κ1) is 30.8. The van der Waals surface area contributed by atoms with E-state index in [2.05, 4.69) is 30.5 Å².